The van der Waals surface area contributed by atoms with Crippen molar-refractivity contribution in [2.75, 3.05) is 6.54 Å². The minimum absolute atomic E-state index is 0.110. The number of sulfonamides is 1. The van der Waals surface area contributed by atoms with E-state index in [1.165, 1.54) is 6.07 Å². The van der Waals surface area contributed by atoms with E-state index in [-0.39, 0.29) is 16.3 Å². The minimum Gasteiger partial charge on any atom is -0.454 e. The van der Waals surface area contributed by atoms with E-state index in [0.717, 1.165) is 5.56 Å². The topological polar surface area (TPSA) is 118 Å². The Hall–Kier alpha value is -3.04. The molecular weight excluding hydrogens is 394 g/mol. The number of rotatable bonds is 6. The van der Waals surface area contributed by atoms with Crippen molar-refractivity contribution < 1.29 is 17.9 Å². The Kier molecular flexibility index (Phi) is 5.81. The van der Waals surface area contributed by atoms with Crippen molar-refractivity contribution in [1.82, 2.24) is 14.7 Å². The molecule has 29 heavy (non-hydrogen) atoms. The zero-order valence-corrected chi connectivity index (χ0v) is 17.0. The molecule has 0 aliphatic carbocycles. The number of ether oxygens (including phenoxy) is 1. The third-order valence-electron chi connectivity index (χ3n) is 4.36. The molecule has 0 amide bonds. The highest BCUT2D eigenvalue weighted by Crippen LogP contribution is 2.17. The Morgan fingerprint density at radius 2 is 1.93 bits per heavy atom. The fraction of sp³-hybridized carbons (Fsp3) is 0.250. The highest BCUT2D eigenvalue weighted by molar-refractivity contribution is 7.89. The van der Waals surface area contributed by atoms with Gasteiger partial charge in [-0.25, -0.2) is 13.4 Å². The summed E-state index contributed by atoms with van der Waals surface area (Å²) in [6.07, 6.45) is -0.856. The molecule has 3 rings (SSSR count). The number of fused-ring (bicyclic) bond motifs is 1. The van der Waals surface area contributed by atoms with Crippen LogP contribution in [0, 0.1) is 13.8 Å². The normalized spacial score (nSPS) is 12.7. The first-order valence-electron chi connectivity index (χ1n) is 8.93. The van der Waals surface area contributed by atoms with Gasteiger partial charge in [-0.2, -0.15) is 4.72 Å². The van der Waals surface area contributed by atoms with Crippen LogP contribution in [-0.4, -0.2) is 30.9 Å². The molecule has 152 valence electrons. The second-order valence-corrected chi connectivity index (χ2v) is 8.43. The predicted molar refractivity (Wildman–Crippen MR) is 108 cm³/mol. The Labute approximate surface area is 168 Å². The summed E-state index contributed by atoms with van der Waals surface area (Å²) in [5, 5.41) is 0.427. The minimum atomic E-state index is -3.87. The summed E-state index contributed by atoms with van der Waals surface area (Å²) >= 11 is 0. The lowest BCUT2D eigenvalue weighted by Gasteiger charge is -2.14. The number of aryl methyl sites for hydroxylation is 2. The van der Waals surface area contributed by atoms with E-state index in [2.05, 4.69) is 14.7 Å². The maximum atomic E-state index is 12.5. The third kappa shape index (κ3) is 4.69. The molecule has 8 nitrogen and oxygen atoms in total. The van der Waals surface area contributed by atoms with Gasteiger partial charge < -0.3 is 9.72 Å². The highest BCUT2D eigenvalue weighted by atomic mass is 32.2. The van der Waals surface area contributed by atoms with E-state index in [0.29, 0.717) is 16.5 Å². The molecule has 1 heterocycles. The van der Waals surface area contributed by atoms with E-state index in [1.54, 1.807) is 51.1 Å². The lowest BCUT2D eigenvalue weighted by Crippen LogP contribution is -2.32. The Morgan fingerprint density at radius 3 is 2.69 bits per heavy atom. The molecule has 2 aromatic carbocycles. The Balaban J connectivity index is 1.69. The van der Waals surface area contributed by atoms with Gasteiger partial charge in [0.15, 0.2) is 11.9 Å². The molecule has 0 saturated carbocycles. The average Bonchev–Trinajstić information content (AvgIpc) is 2.68. The summed E-state index contributed by atoms with van der Waals surface area (Å²) in [5.41, 5.74) is 1.50. The van der Waals surface area contributed by atoms with Gasteiger partial charge in [0, 0.05) is 0 Å². The Morgan fingerprint density at radius 1 is 1.21 bits per heavy atom. The number of hydrogen-bond donors (Lipinski definition) is 2. The summed E-state index contributed by atoms with van der Waals surface area (Å²) in [4.78, 5) is 31.3. The molecule has 1 atom stereocenters. The van der Waals surface area contributed by atoms with Crippen LogP contribution in [0.1, 0.15) is 30.0 Å². The van der Waals surface area contributed by atoms with Gasteiger partial charge >= 0.3 is 5.97 Å². The number of carbonyl (C=O) groups excluding carboxylic acids is 1. The number of nitrogens with zero attached hydrogens (tertiary/aromatic N) is 1. The first kappa shape index (κ1) is 20.7. The quantitative estimate of drug-likeness (QED) is 0.596. The maximum absolute atomic E-state index is 12.5. The number of aromatic nitrogens is 2. The summed E-state index contributed by atoms with van der Waals surface area (Å²) < 4.78 is 32.4. The van der Waals surface area contributed by atoms with Gasteiger partial charge in [0.1, 0.15) is 6.54 Å². The predicted octanol–water partition coefficient (Wildman–Crippen LogP) is 2.12. The van der Waals surface area contributed by atoms with E-state index in [9.17, 15) is 18.0 Å². The summed E-state index contributed by atoms with van der Waals surface area (Å²) in [5.74, 6) is -0.610. The molecule has 0 bridgehead atoms. The van der Waals surface area contributed by atoms with Crippen molar-refractivity contribution in [3.05, 3.63) is 69.8 Å². The van der Waals surface area contributed by atoms with Gasteiger partial charge in [-0.05, 0) is 50.1 Å². The van der Waals surface area contributed by atoms with Crippen molar-refractivity contribution in [2.45, 2.75) is 31.8 Å². The molecule has 2 N–H and O–H groups in total. The standard InChI is InChI=1S/C20H21N3O5S/c1-12-8-9-13(2)17(10-12)29(26,27)21-11-18(24)28-14(3)19-22-16-7-5-4-6-15(16)20(25)23-19/h4-10,14,21H,11H2,1-3H3,(H,22,23,25)/t14-/m1/s1. The van der Waals surface area contributed by atoms with Crippen molar-refractivity contribution in [2.24, 2.45) is 0 Å². The number of nitrogens with one attached hydrogen (secondary N) is 2. The van der Waals surface area contributed by atoms with Crippen molar-refractivity contribution in [3.8, 4) is 0 Å². The van der Waals surface area contributed by atoms with Crippen molar-refractivity contribution in [3.63, 3.8) is 0 Å². The molecule has 0 radical (unpaired) electrons. The van der Waals surface area contributed by atoms with Crippen molar-refractivity contribution in [1.29, 1.82) is 0 Å². The second-order valence-electron chi connectivity index (χ2n) is 6.69. The molecule has 0 fully saturated rings. The monoisotopic (exact) mass is 415 g/mol. The lowest BCUT2D eigenvalue weighted by atomic mass is 10.2. The fourth-order valence-corrected chi connectivity index (χ4v) is 4.12. The van der Waals surface area contributed by atoms with Crippen LogP contribution in [0.5, 0.6) is 0 Å². The molecule has 0 aliphatic rings. The smallest absolute Gasteiger partial charge is 0.321 e. The summed E-state index contributed by atoms with van der Waals surface area (Å²) in [6.45, 7) is 4.46. The largest absolute Gasteiger partial charge is 0.454 e. The molecule has 0 aliphatic heterocycles. The number of hydrogen-bond acceptors (Lipinski definition) is 6. The van der Waals surface area contributed by atoms with Gasteiger partial charge in [0.2, 0.25) is 10.0 Å². The van der Waals surface area contributed by atoms with Crippen LogP contribution in [0.4, 0.5) is 0 Å². The maximum Gasteiger partial charge on any atom is 0.321 e. The molecule has 9 heteroatoms. The molecule has 3 aromatic rings. The van der Waals surface area contributed by atoms with Gasteiger partial charge in [-0.15, -0.1) is 0 Å². The van der Waals surface area contributed by atoms with E-state index in [4.69, 9.17) is 4.74 Å². The lowest BCUT2D eigenvalue weighted by molar-refractivity contribution is -0.147. The molecule has 1 aromatic heterocycles. The molecule has 0 unspecified atom stereocenters. The summed E-state index contributed by atoms with van der Waals surface area (Å²) in [7, 11) is -3.87. The SMILES string of the molecule is Cc1ccc(C)c(S(=O)(=O)NCC(=O)O[C@H](C)c2nc3ccccc3c(=O)[nH]2)c1. The van der Waals surface area contributed by atoms with Crippen LogP contribution < -0.4 is 10.3 Å². The van der Waals surface area contributed by atoms with Crippen LogP contribution in [0.3, 0.4) is 0 Å². The van der Waals surface area contributed by atoms with Gasteiger partial charge in [0.25, 0.3) is 5.56 Å². The van der Waals surface area contributed by atoms with E-state index < -0.39 is 28.6 Å². The number of aromatic amines is 1. The van der Waals surface area contributed by atoms with Crippen LogP contribution in [0.25, 0.3) is 10.9 Å². The molecular formula is C20H21N3O5S. The van der Waals surface area contributed by atoms with E-state index in [1.807, 2.05) is 6.07 Å². The van der Waals surface area contributed by atoms with Gasteiger partial charge in [0.05, 0.1) is 15.8 Å². The molecule has 0 spiro atoms. The van der Waals surface area contributed by atoms with Crippen LogP contribution >= 0.6 is 0 Å². The van der Waals surface area contributed by atoms with Crippen LogP contribution in [-0.2, 0) is 19.6 Å². The first-order valence-corrected chi connectivity index (χ1v) is 10.4. The Bertz CT molecular complexity index is 1230. The van der Waals surface area contributed by atoms with Crippen molar-refractivity contribution >= 4 is 26.9 Å². The number of carbonyl (C=O) groups is 1. The average molecular weight is 415 g/mol. The zero-order chi connectivity index (χ0) is 21.2. The van der Waals surface area contributed by atoms with E-state index >= 15 is 0 Å². The second kappa shape index (κ2) is 8.14. The third-order valence-corrected chi connectivity index (χ3v) is 5.91. The van der Waals surface area contributed by atoms with Gasteiger partial charge in [-0.3, -0.25) is 9.59 Å². The number of H-pyrrole nitrogens is 1. The van der Waals surface area contributed by atoms with Crippen LogP contribution in [0.15, 0.2) is 52.2 Å². The van der Waals surface area contributed by atoms with Crippen LogP contribution in [0.2, 0.25) is 0 Å². The summed E-state index contributed by atoms with van der Waals surface area (Å²) in [6, 6.07) is 11.8. The highest BCUT2D eigenvalue weighted by Gasteiger charge is 2.20. The number of para-hydroxylation sites is 1. The zero-order valence-electron chi connectivity index (χ0n) is 16.2. The fourth-order valence-electron chi connectivity index (χ4n) is 2.82. The first-order chi connectivity index (χ1) is 13.7. The van der Waals surface area contributed by atoms with Gasteiger partial charge in [-0.1, -0.05) is 24.3 Å². The molecule has 0 saturated heterocycles. The number of esters is 1. The number of benzene rings is 2.